The number of rotatable bonds is 8. The van der Waals surface area contributed by atoms with Crippen LogP contribution in [0, 0.1) is 23.2 Å². The highest BCUT2D eigenvalue weighted by atomic mass is 32.2. The van der Waals surface area contributed by atoms with E-state index < -0.39 is 10.1 Å². The molecule has 0 amide bonds. The molecule has 0 radical (unpaired) electrons. The Bertz CT molecular complexity index is 511. The molecule has 1 N–H and O–H groups in total. The zero-order chi connectivity index (χ0) is 17.8. The molecule has 0 aromatic rings. The van der Waals surface area contributed by atoms with Crippen molar-refractivity contribution in [3.05, 3.63) is 0 Å². The minimum atomic E-state index is -3.82. The van der Waals surface area contributed by atoms with Gasteiger partial charge in [0, 0.05) is 11.2 Å². The Morgan fingerprint density at radius 1 is 1.08 bits per heavy atom. The lowest BCUT2D eigenvalue weighted by Crippen LogP contribution is -2.40. The molecule has 2 rings (SSSR count). The standard InChI is InChI=1S/C18H32O4S2/c1-14-9-15-11-16(10-14)13-18(2,12-15)17(19)23-7-5-3-4-6-8-24(20,21)22/h14-16H,3-13H2,1-2H3,(H,20,21,22). The van der Waals surface area contributed by atoms with Crippen LogP contribution in [0.2, 0.25) is 0 Å². The van der Waals surface area contributed by atoms with E-state index in [0.717, 1.165) is 55.6 Å². The molecule has 0 spiro atoms. The van der Waals surface area contributed by atoms with Crippen molar-refractivity contribution in [2.24, 2.45) is 23.2 Å². The number of fused-ring (bicyclic) bond motifs is 2. The molecular formula is C18H32O4S2. The van der Waals surface area contributed by atoms with E-state index in [9.17, 15) is 13.2 Å². The van der Waals surface area contributed by atoms with Crippen LogP contribution in [0.15, 0.2) is 0 Å². The van der Waals surface area contributed by atoms with E-state index in [0.29, 0.717) is 11.5 Å². The highest BCUT2D eigenvalue weighted by molar-refractivity contribution is 8.13. The summed E-state index contributed by atoms with van der Waals surface area (Å²) >= 11 is 1.48. The van der Waals surface area contributed by atoms with Gasteiger partial charge in [-0.15, -0.1) is 0 Å². The van der Waals surface area contributed by atoms with Gasteiger partial charge in [0.25, 0.3) is 10.1 Å². The second kappa shape index (κ2) is 8.54. The van der Waals surface area contributed by atoms with Crippen LogP contribution in [0.3, 0.4) is 0 Å². The van der Waals surface area contributed by atoms with Gasteiger partial charge in [-0.1, -0.05) is 38.5 Å². The van der Waals surface area contributed by atoms with Gasteiger partial charge in [0.15, 0.2) is 5.12 Å². The van der Waals surface area contributed by atoms with Crippen LogP contribution >= 0.6 is 11.8 Å². The third-order valence-corrected chi connectivity index (χ3v) is 7.69. The quantitative estimate of drug-likeness (QED) is 0.497. The van der Waals surface area contributed by atoms with Crippen LogP contribution in [0.5, 0.6) is 0 Å². The van der Waals surface area contributed by atoms with Crippen molar-refractivity contribution < 1.29 is 17.8 Å². The normalized spacial score (nSPS) is 33.4. The summed E-state index contributed by atoms with van der Waals surface area (Å²) in [5, 5.41) is 0.365. The van der Waals surface area contributed by atoms with Gasteiger partial charge in [0.05, 0.1) is 5.75 Å². The average Bonchev–Trinajstić information content (AvgIpc) is 2.43. The Morgan fingerprint density at radius 2 is 1.67 bits per heavy atom. The maximum Gasteiger partial charge on any atom is 0.264 e. The van der Waals surface area contributed by atoms with Gasteiger partial charge in [-0.25, -0.2) is 0 Å². The summed E-state index contributed by atoms with van der Waals surface area (Å²) in [5.74, 6) is 2.97. The second-order valence-electron chi connectivity index (χ2n) is 8.35. The van der Waals surface area contributed by atoms with Crippen molar-refractivity contribution in [2.45, 2.75) is 71.6 Å². The lowest BCUT2D eigenvalue weighted by Gasteiger charge is -2.46. The Balaban J connectivity index is 1.65. The molecule has 2 bridgehead atoms. The molecule has 2 atom stereocenters. The lowest BCUT2D eigenvalue weighted by molar-refractivity contribution is -0.123. The smallest absolute Gasteiger partial charge is 0.264 e. The average molecular weight is 377 g/mol. The maximum atomic E-state index is 12.7. The summed E-state index contributed by atoms with van der Waals surface area (Å²) in [7, 11) is -3.82. The molecule has 140 valence electrons. The van der Waals surface area contributed by atoms with Crippen molar-refractivity contribution in [1.29, 1.82) is 0 Å². The summed E-state index contributed by atoms with van der Waals surface area (Å²) in [6.45, 7) is 4.52. The van der Waals surface area contributed by atoms with Gasteiger partial charge in [-0.05, 0) is 62.7 Å². The maximum absolute atomic E-state index is 12.7. The van der Waals surface area contributed by atoms with Crippen LogP contribution < -0.4 is 0 Å². The number of hydrogen-bond acceptors (Lipinski definition) is 4. The Kier molecular flexibility index (Phi) is 7.21. The number of thioether (sulfide) groups is 1. The summed E-state index contributed by atoms with van der Waals surface area (Å²) in [5.41, 5.74) is -0.136. The highest BCUT2D eigenvalue weighted by Crippen LogP contribution is 2.51. The molecule has 6 heteroatoms. The van der Waals surface area contributed by atoms with Crippen molar-refractivity contribution in [2.75, 3.05) is 11.5 Å². The molecule has 2 aliphatic carbocycles. The minimum Gasteiger partial charge on any atom is -0.287 e. The first-order valence-electron chi connectivity index (χ1n) is 9.30. The molecule has 4 nitrogen and oxygen atoms in total. The molecule has 0 saturated heterocycles. The molecule has 0 aliphatic heterocycles. The molecule has 2 fully saturated rings. The summed E-state index contributed by atoms with van der Waals surface area (Å²) < 4.78 is 29.9. The first kappa shape index (κ1) is 20.2. The SMILES string of the molecule is CC1CC2CC(C1)CC(C)(C(=O)SCCCCCCS(=O)(=O)O)C2. The van der Waals surface area contributed by atoms with E-state index in [2.05, 4.69) is 13.8 Å². The zero-order valence-electron chi connectivity index (χ0n) is 15.0. The Labute approximate surface area is 151 Å². The van der Waals surface area contributed by atoms with Gasteiger partial charge >= 0.3 is 0 Å². The van der Waals surface area contributed by atoms with Gasteiger partial charge in [0.2, 0.25) is 0 Å². The summed E-state index contributed by atoms with van der Waals surface area (Å²) in [6.07, 6.45) is 9.16. The number of unbranched alkanes of at least 4 members (excludes halogenated alkanes) is 3. The number of hydrogen-bond donors (Lipinski definition) is 1. The van der Waals surface area contributed by atoms with Crippen LogP contribution in [-0.4, -0.2) is 29.6 Å². The van der Waals surface area contributed by atoms with Crippen LogP contribution in [0.25, 0.3) is 0 Å². The molecule has 2 aliphatic rings. The molecule has 0 aromatic heterocycles. The largest absolute Gasteiger partial charge is 0.287 e. The van der Waals surface area contributed by atoms with Gasteiger partial charge in [-0.3, -0.25) is 9.35 Å². The van der Waals surface area contributed by atoms with Crippen LogP contribution in [0.4, 0.5) is 0 Å². The van der Waals surface area contributed by atoms with Crippen molar-refractivity contribution in [1.82, 2.24) is 0 Å². The van der Waals surface area contributed by atoms with E-state index in [-0.39, 0.29) is 11.2 Å². The molecule has 0 heterocycles. The van der Waals surface area contributed by atoms with Gasteiger partial charge in [-0.2, -0.15) is 8.42 Å². The minimum absolute atomic E-state index is 0.136. The van der Waals surface area contributed by atoms with Crippen molar-refractivity contribution in [3.63, 3.8) is 0 Å². The third-order valence-electron chi connectivity index (χ3n) is 5.64. The van der Waals surface area contributed by atoms with Crippen LogP contribution in [0.1, 0.15) is 71.6 Å². The van der Waals surface area contributed by atoms with E-state index in [4.69, 9.17) is 4.55 Å². The molecule has 2 saturated carbocycles. The Hall–Kier alpha value is -0.0700. The van der Waals surface area contributed by atoms with E-state index in [1.807, 2.05) is 0 Å². The third kappa shape index (κ3) is 6.34. The lowest BCUT2D eigenvalue weighted by atomic mass is 9.60. The molecular weight excluding hydrogens is 344 g/mol. The monoisotopic (exact) mass is 376 g/mol. The fourth-order valence-electron chi connectivity index (χ4n) is 4.83. The summed E-state index contributed by atoms with van der Waals surface area (Å²) in [4.78, 5) is 12.7. The topological polar surface area (TPSA) is 71.4 Å². The fraction of sp³-hybridized carbons (Fsp3) is 0.944. The van der Waals surface area contributed by atoms with Crippen molar-refractivity contribution in [3.8, 4) is 0 Å². The van der Waals surface area contributed by atoms with E-state index in [1.165, 1.54) is 31.0 Å². The van der Waals surface area contributed by atoms with Crippen LogP contribution in [-0.2, 0) is 14.9 Å². The predicted molar refractivity (Wildman–Crippen MR) is 99.7 cm³/mol. The first-order chi connectivity index (χ1) is 11.2. The second-order valence-corrected chi connectivity index (χ2v) is 11.0. The van der Waals surface area contributed by atoms with E-state index >= 15 is 0 Å². The molecule has 0 aromatic carbocycles. The highest BCUT2D eigenvalue weighted by Gasteiger charge is 2.44. The first-order valence-corrected chi connectivity index (χ1v) is 11.9. The number of carbonyl (C=O) groups excluding carboxylic acids is 1. The molecule has 2 unspecified atom stereocenters. The van der Waals surface area contributed by atoms with E-state index in [1.54, 1.807) is 0 Å². The molecule has 24 heavy (non-hydrogen) atoms. The predicted octanol–water partition coefficient (Wildman–Crippen LogP) is 4.55. The number of carbonyl (C=O) groups is 1. The zero-order valence-corrected chi connectivity index (χ0v) is 16.6. The van der Waals surface area contributed by atoms with Gasteiger partial charge < -0.3 is 0 Å². The summed E-state index contributed by atoms with van der Waals surface area (Å²) in [6, 6.07) is 0. The Morgan fingerprint density at radius 3 is 2.25 bits per heavy atom. The van der Waals surface area contributed by atoms with Crippen molar-refractivity contribution >= 4 is 27.0 Å². The van der Waals surface area contributed by atoms with Gasteiger partial charge in [0.1, 0.15) is 0 Å². The fourth-order valence-corrected chi connectivity index (χ4v) is 6.45.